The Bertz CT molecular complexity index is 613. The molecule has 1 saturated carbocycles. The SMILES string of the molecule is CN(c1cccc(F)c1)c1cc(Br)nc(C2CC2)n1. The largest absolute Gasteiger partial charge is 0.329 e. The van der Waals surface area contributed by atoms with Gasteiger partial charge >= 0.3 is 0 Å². The second-order valence-electron chi connectivity index (χ2n) is 4.72. The first-order valence-corrected chi connectivity index (χ1v) is 6.96. The van der Waals surface area contributed by atoms with Crippen molar-refractivity contribution < 1.29 is 4.39 Å². The molecule has 1 aromatic heterocycles. The Hall–Kier alpha value is -1.49. The first-order chi connectivity index (χ1) is 9.13. The quantitative estimate of drug-likeness (QED) is 0.799. The van der Waals surface area contributed by atoms with Gasteiger partial charge in [-0.2, -0.15) is 0 Å². The van der Waals surface area contributed by atoms with Crippen molar-refractivity contribution in [3.05, 3.63) is 46.6 Å². The van der Waals surface area contributed by atoms with Crippen LogP contribution in [0.4, 0.5) is 15.9 Å². The lowest BCUT2D eigenvalue weighted by atomic mass is 10.3. The van der Waals surface area contributed by atoms with Crippen LogP contribution in [0.5, 0.6) is 0 Å². The van der Waals surface area contributed by atoms with E-state index < -0.39 is 0 Å². The van der Waals surface area contributed by atoms with Crippen LogP contribution in [0.3, 0.4) is 0 Å². The zero-order valence-electron chi connectivity index (χ0n) is 10.5. The highest BCUT2D eigenvalue weighted by Gasteiger charge is 2.27. The van der Waals surface area contributed by atoms with E-state index in [9.17, 15) is 4.39 Å². The van der Waals surface area contributed by atoms with Crippen LogP contribution < -0.4 is 4.90 Å². The van der Waals surface area contributed by atoms with E-state index in [0.717, 1.165) is 34.8 Å². The standard InChI is InChI=1S/C14H13BrFN3/c1-19(11-4-2-3-10(16)7-11)13-8-12(15)17-14(18-13)9-5-6-9/h2-4,7-9H,5-6H2,1H3. The van der Waals surface area contributed by atoms with E-state index in [0.29, 0.717) is 5.92 Å². The fourth-order valence-corrected chi connectivity index (χ4v) is 2.32. The number of halogens is 2. The number of rotatable bonds is 3. The van der Waals surface area contributed by atoms with Gasteiger partial charge in [-0.1, -0.05) is 6.07 Å². The predicted molar refractivity (Wildman–Crippen MR) is 76.2 cm³/mol. The summed E-state index contributed by atoms with van der Waals surface area (Å²) in [5.74, 6) is 1.87. The molecule has 0 amide bonds. The number of hydrogen-bond donors (Lipinski definition) is 0. The van der Waals surface area contributed by atoms with Crippen molar-refractivity contribution >= 4 is 27.4 Å². The molecule has 0 unspecified atom stereocenters. The van der Waals surface area contributed by atoms with Crippen molar-refractivity contribution in [1.82, 2.24) is 9.97 Å². The molecule has 1 aliphatic rings. The Balaban J connectivity index is 1.96. The summed E-state index contributed by atoms with van der Waals surface area (Å²) in [6.45, 7) is 0. The van der Waals surface area contributed by atoms with E-state index >= 15 is 0 Å². The van der Waals surface area contributed by atoms with Crippen LogP contribution in [0.25, 0.3) is 0 Å². The fourth-order valence-electron chi connectivity index (χ4n) is 1.94. The van der Waals surface area contributed by atoms with E-state index in [1.165, 1.54) is 12.1 Å². The van der Waals surface area contributed by atoms with Crippen LogP contribution in [-0.4, -0.2) is 17.0 Å². The average molecular weight is 322 g/mol. The fraction of sp³-hybridized carbons (Fsp3) is 0.286. The normalized spacial score (nSPS) is 14.5. The van der Waals surface area contributed by atoms with Crippen LogP contribution in [0.1, 0.15) is 24.6 Å². The highest BCUT2D eigenvalue weighted by Crippen LogP contribution is 2.39. The Morgan fingerprint density at radius 3 is 2.74 bits per heavy atom. The monoisotopic (exact) mass is 321 g/mol. The molecule has 1 fully saturated rings. The third kappa shape index (κ3) is 2.76. The number of hydrogen-bond acceptors (Lipinski definition) is 3. The minimum absolute atomic E-state index is 0.250. The molecule has 0 N–H and O–H groups in total. The van der Waals surface area contributed by atoms with Gasteiger partial charge in [0, 0.05) is 24.7 Å². The minimum Gasteiger partial charge on any atom is -0.329 e. The van der Waals surface area contributed by atoms with Gasteiger partial charge in [0.25, 0.3) is 0 Å². The highest BCUT2D eigenvalue weighted by atomic mass is 79.9. The van der Waals surface area contributed by atoms with Gasteiger partial charge in [0.1, 0.15) is 22.1 Å². The lowest BCUT2D eigenvalue weighted by Gasteiger charge is -2.19. The van der Waals surface area contributed by atoms with Crippen LogP contribution >= 0.6 is 15.9 Å². The maximum atomic E-state index is 13.3. The summed E-state index contributed by atoms with van der Waals surface area (Å²) in [5, 5.41) is 0. The van der Waals surface area contributed by atoms with Crippen LogP contribution in [0.15, 0.2) is 34.9 Å². The van der Waals surface area contributed by atoms with Crippen molar-refractivity contribution in [2.45, 2.75) is 18.8 Å². The summed E-state index contributed by atoms with van der Waals surface area (Å²) >= 11 is 3.41. The highest BCUT2D eigenvalue weighted by molar-refractivity contribution is 9.10. The van der Waals surface area contributed by atoms with Gasteiger partial charge in [-0.05, 0) is 47.0 Å². The van der Waals surface area contributed by atoms with E-state index in [4.69, 9.17) is 0 Å². The number of nitrogens with zero attached hydrogens (tertiary/aromatic N) is 3. The van der Waals surface area contributed by atoms with Crippen molar-refractivity contribution in [3.63, 3.8) is 0 Å². The Morgan fingerprint density at radius 1 is 1.26 bits per heavy atom. The van der Waals surface area contributed by atoms with Crippen LogP contribution in [-0.2, 0) is 0 Å². The third-order valence-electron chi connectivity index (χ3n) is 3.18. The van der Waals surface area contributed by atoms with Gasteiger partial charge < -0.3 is 4.90 Å². The van der Waals surface area contributed by atoms with Crippen molar-refractivity contribution in [2.75, 3.05) is 11.9 Å². The summed E-state index contributed by atoms with van der Waals surface area (Å²) in [4.78, 5) is 10.8. The Morgan fingerprint density at radius 2 is 2.05 bits per heavy atom. The molecule has 0 saturated heterocycles. The Kier molecular flexibility index (Phi) is 3.22. The van der Waals surface area contributed by atoms with Gasteiger partial charge in [0.05, 0.1) is 0 Å². The minimum atomic E-state index is -0.250. The molecule has 3 rings (SSSR count). The Labute approximate surface area is 119 Å². The molecule has 0 atom stereocenters. The third-order valence-corrected chi connectivity index (χ3v) is 3.59. The lowest BCUT2D eigenvalue weighted by Crippen LogP contribution is -2.13. The molecule has 2 aromatic rings. The molecule has 0 aliphatic heterocycles. The first-order valence-electron chi connectivity index (χ1n) is 6.17. The van der Waals surface area contributed by atoms with Gasteiger partial charge in [-0.15, -0.1) is 0 Å². The summed E-state index contributed by atoms with van der Waals surface area (Å²) in [6.07, 6.45) is 2.30. The summed E-state index contributed by atoms with van der Waals surface area (Å²) in [6, 6.07) is 8.32. The number of aromatic nitrogens is 2. The maximum absolute atomic E-state index is 13.3. The van der Waals surface area contributed by atoms with Crippen molar-refractivity contribution in [3.8, 4) is 0 Å². The molecular weight excluding hydrogens is 309 g/mol. The number of anilines is 2. The predicted octanol–water partition coefficient (Wildman–Crippen LogP) is 4.02. The van der Waals surface area contributed by atoms with Crippen LogP contribution in [0, 0.1) is 5.82 Å². The summed E-state index contributed by atoms with van der Waals surface area (Å²) in [5.41, 5.74) is 0.771. The van der Waals surface area contributed by atoms with Gasteiger partial charge in [0.15, 0.2) is 0 Å². The summed E-state index contributed by atoms with van der Waals surface area (Å²) in [7, 11) is 1.88. The van der Waals surface area contributed by atoms with Gasteiger partial charge in [0.2, 0.25) is 0 Å². The molecule has 3 nitrogen and oxygen atoms in total. The second-order valence-corrected chi connectivity index (χ2v) is 5.53. The molecule has 0 spiro atoms. The second kappa shape index (κ2) is 4.89. The molecule has 5 heteroatoms. The van der Waals surface area contributed by atoms with Crippen LogP contribution in [0.2, 0.25) is 0 Å². The molecule has 1 heterocycles. The van der Waals surface area contributed by atoms with E-state index in [2.05, 4.69) is 25.9 Å². The lowest BCUT2D eigenvalue weighted by molar-refractivity contribution is 0.628. The zero-order chi connectivity index (χ0) is 13.4. The van der Waals surface area contributed by atoms with Crippen molar-refractivity contribution in [1.29, 1.82) is 0 Å². The molecule has 0 radical (unpaired) electrons. The molecule has 0 bridgehead atoms. The maximum Gasteiger partial charge on any atom is 0.137 e. The topological polar surface area (TPSA) is 29.0 Å². The molecule has 98 valence electrons. The van der Waals surface area contributed by atoms with Gasteiger partial charge in [-0.25, -0.2) is 14.4 Å². The van der Waals surface area contributed by atoms with Crippen molar-refractivity contribution in [2.24, 2.45) is 0 Å². The molecule has 19 heavy (non-hydrogen) atoms. The summed E-state index contributed by atoms with van der Waals surface area (Å²) < 4.78 is 14.0. The van der Waals surface area contributed by atoms with Gasteiger partial charge in [-0.3, -0.25) is 0 Å². The van der Waals surface area contributed by atoms with E-state index in [-0.39, 0.29) is 5.82 Å². The van der Waals surface area contributed by atoms with E-state index in [1.807, 2.05) is 24.1 Å². The first kappa shape index (κ1) is 12.5. The van der Waals surface area contributed by atoms with E-state index in [1.54, 1.807) is 6.07 Å². The molecule has 1 aliphatic carbocycles. The molecule has 1 aromatic carbocycles. The smallest absolute Gasteiger partial charge is 0.137 e. The average Bonchev–Trinajstić information content (AvgIpc) is 3.21. The molecular formula is C14H13BrFN3. The zero-order valence-corrected chi connectivity index (χ0v) is 12.1. The number of benzene rings is 1.